The molecule has 4 heteroatoms. The lowest BCUT2D eigenvalue weighted by molar-refractivity contribution is -0.172. The maximum absolute atomic E-state index is 13.3. The van der Waals surface area contributed by atoms with E-state index >= 15 is 0 Å². The molecule has 1 atom stereocenters. The van der Waals surface area contributed by atoms with E-state index in [1.165, 1.54) is 0 Å². The Kier molecular flexibility index (Phi) is 5.49. The van der Waals surface area contributed by atoms with Crippen LogP contribution in [-0.2, 0) is 14.9 Å². The largest absolute Gasteiger partial charge is 0.462 e. The van der Waals surface area contributed by atoms with Crippen molar-refractivity contribution in [1.82, 2.24) is 4.90 Å². The molecule has 4 nitrogen and oxygen atoms in total. The number of esters is 1. The van der Waals surface area contributed by atoms with Crippen molar-refractivity contribution in [3.63, 3.8) is 0 Å². The van der Waals surface area contributed by atoms with E-state index in [9.17, 15) is 9.90 Å². The van der Waals surface area contributed by atoms with Gasteiger partial charge in [-0.15, -0.1) is 0 Å². The van der Waals surface area contributed by atoms with Crippen molar-refractivity contribution < 1.29 is 14.6 Å². The Balaban J connectivity index is 1.87. The molecule has 0 amide bonds. The van der Waals surface area contributed by atoms with Crippen LogP contribution in [0.3, 0.4) is 0 Å². The van der Waals surface area contributed by atoms with Gasteiger partial charge in [0.1, 0.15) is 11.5 Å². The Hall–Kier alpha value is -1.39. The highest BCUT2D eigenvalue weighted by Gasteiger charge is 2.55. The summed E-state index contributed by atoms with van der Waals surface area (Å²) in [5.74, 6) is -0.266. The standard InChI is InChI=1S/C21H31NO3/c1-20(17-9-5-3-6-10-17,21(24)13-7-4-8-14-21)19(23)25-18-11-15-22(2)16-12-18/h3,5-6,9-10,18,24H,4,7-8,11-16H2,1-2H3/t20-/m0/s1. The lowest BCUT2D eigenvalue weighted by Crippen LogP contribution is -2.57. The first-order chi connectivity index (χ1) is 12.0. The first kappa shape index (κ1) is 18.4. The summed E-state index contributed by atoms with van der Waals surface area (Å²) in [6.45, 7) is 3.78. The number of carbonyl (C=O) groups excluding carboxylic acids is 1. The predicted octanol–water partition coefficient (Wildman–Crippen LogP) is 3.28. The summed E-state index contributed by atoms with van der Waals surface area (Å²) in [6.07, 6.45) is 6.04. The molecule has 0 spiro atoms. The summed E-state index contributed by atoms with van der Waals surface area (Å²) in [4.78, 5) is 15.6. The van der Waals surface area contributed by atoms with Crippen LogP contribution >= 0.6 is 0 Å². The van der Waals surface area contributed by atoms with Crippen LogP contribution in [0.2, 0.25) is 0 Å². The van der Waals surface area contributed by atoms with Crippen LogP contribution in [0, 0.1) is 0 Å². The topological polar surface area (TPSA) is 49.8 Å². The average Bonchev–Trinajstić information content (AvgIpc) is 2.64. The Bertz CT molecular complexity index is 574. The van der Waals surface area contributed by atoms with E-state index in [1.54, 1.807) is 0 Å². The van der Waals surface area contributed by atoms with Crippen molar-refractivity contribution in [2.45, 2.75) is 69.0 Å². The quantitative estimate of drug-likeness (QED) is 0.851. The normalized spacial score (nSPS) is 24.4. The highest BCUT2D eigenvalue weighted by atomic mass is 16.5. The molecule has 2 fully saturated rings. The number of nitrogens with zero attached hydrogens (tertiary/aromatic N) is 1. The number of aliphatic hydroxyl groups is 1. The zero-order chi connectivity index (χ0) is 17.9. The molecule has 0 bridgehead atoms. The fraction of sp³-hybridized carbons (Fsp3) is 0.667. The van der Waals surface area contributed by atoms with Gasteiger partial charge in [0.25, 0.3) is 0 Å². The number of hydrogen-bond acceptors (Lipinski definition) is 4. The zero-order valence-corrected chi connectivity index (χ0v) is 15.5. The predicted molar refractivity (Wildman–Crippen MR) is 98.4 cm³/mol. The molecule has 0 radical (unpaired) electrons. The third-order valence-electron chi connectivity index (χ3n) is 6.31. The van der Waals surface area contributed by atoms with E-state index in [2.05, 4.69) is 11.9 Å². The van der Waals surface area contributed by atoms with Crippen LogP contribution in [0.5, 0.6) is 0 Å². The Morgan fingerprint density at radius 3 is 2.36 bits per heavy atom. The van der Waals surface area contributed by atoms with Gasteiger partial charge in [-0.05, 0) is 45.2 Å². The molecular weight excluding hydrogens is 314 g/mol. The van der Waals surface area contributed by atoms with Gasteiger partial charge in [0, 0.05) is 13.1 Å². The van der Waals surface area contributed by atoms with Crippen molar-refractivity contribution in [3.8, 4) is 0 Å². The van der Waals surface area contributed by atoms with Gasteiger partial charge in [0.2, 0.25) is 0 Å². The minimum Gasteiger partial charge on any atom is -0.462 e. The molecule has 138 valence electrons. The molecule has 3 rings (SSSR count). The van der Waals surface area contributed by atoms with Crippen LogP contribution in [-0.4, -0.2) is 47.8 Å². The minimum absolute atomic E-state index is 0.0427. The number of carbonyl (C=O) groups is 1. The highest BCUT2D eigenvalue weighted by Crippen LogP contribution is 2.45. The molecule has 2 aliphatic rings. The van der Waals surface area contributed by atoms with Crippen molar-refractivity contribution >= 4 is 5.97 Å². The second-order valence-electron chi connectivity index (χ2n) is 7.99. The molecule has 1 aromatic carbocycles. The first-order valence-corrected chi connectivity index (χ1v) is 9.63. The third-order valence-corrected chi connectivity index (χ3v) is 6.31. The number of benzene rings is 1. The molecule has 1 aliphatic heterocycles. The van der Waals surface area contributed by atoms with E-state index in [-0.39, 0.29) is 12.1 Å². The van der Waals surface area contributed by atoms with Crippen LogP contribution in [0.4, 0.5) is 0 Å². The summed E-state index contributed by atoms with van der Waals surface area (Å²) in [5, 5.41) is 11.5. The van der Waals surface area contributed by atoms with Crippen molar-refractivity contribution in [2.24, 2.45) is 0 Å². The summed E-state index contributed by atoms with van der Waals surface area (Å²) >= 11 is 0. The number of ether oxygens (including phenoxy) is 1. The van der Waals surface area contributed by atoms with Crippen molar-refractivity contribution in [2.75, 3.05) is 20.1 Å². The van der Waals surface area contributed by atoms with Gasteiger partial charge in [-0.2, -0.15) is 0 Å². The fourth-order valence-electron chi connectivity index (χ4n) is 4.36. The van der Waals surface area contributed by atoms with Crippen molar-refractivity contribution in [3.05, 3.63) is 35.9 Å². The molecule has 1 aliphatic carbocycles. The van der Waals surface area contributed by atoms with Crippen LogP contribution in [0.25, 0.3) is 0 Å². The third kappa shape index (κ3) is 3.61. The zero-order valence-electron chi connectivity index (χ0n) is 15.5. The number of likely N-dealkylation sites (tertiary alicyclic amines) is 1. The van der Waals surface area contributed by atoms with E-state index in [0.717, 1.165) is 50.8 Å². The van der Waals surface area contributed by atoms with Gasteiger partial charge < -0.3 is 14.7 Å². The summed E-state index contributed by atoms with van der Waals surface area (Å²) in [6, 6.07) is 9.70. The molecular formula is C21H31NO3. The Morgan fingerprint density at radius 1 is 1.16 bits per heavy atom. The Morgan fingerprint density at radius 2 is 1.76 bits per heavy atom. The van der Waals surface area contributed by atoms with Crippen molar-refractivity contribution in [1.29, 1.82) is 0 Å². The fourth-order valence-corrected chi connectivity index (χ4v) is 4.36. The highest BCUT2D eigenvalue weighted by molar-refractivity contribution is 5.84. The smallest absolute Gasteiger partial charge is 0.319 e. The van der Waals surface area contributed by atoms with Gasteiger partial charge in [-0.25, -0.2) is 0 Å². The first-order valence-electron chi connectivity index (χ1n) is 9.63. The molecule has 0 unspecified atom stereocenters. The van der Waals surface area contributed by atoms with Gasteiger partial charge in [0.05, 0.1) is 5.60 Å². The minimum atomic E-state index is -1.03. The van der Waals surface area contributed by atoms with E-state index in [4.69, 9.17) is 4.74 Å². The van der Waals surface area contributed by atoms with Gasteiger partial charge in [0.15, 0.2) is 0 Å². The lowest BCUT2D eigenvalue weighted by Gasteiger charge is -2.46. The maximum Gasteiger partial charge on any atom is 0.319 e. The number of hydrogen-bond donors (Lipinski definition) is 1. The monoisotopic (exact) mass is 345 g/mol. The van der Waals surface area contributed by atoms with E-state index < -0.39 is 11.0 Å². The number of piperidine rings is 1. The summed E-state index contributed by atoms with van der Waals surface area (Å²) in [7, 11) is 2.09. The Labute approximate surface area is 151 Å². The van der Waals surface area contributed by atoms with Gasteiger partial charge in [-0.1, -0.05) is 49.6 Å². The molecule has 1 N–H and O–H groups in total. The number of rotatable bonds is 4. The molecule has 25 heavy (non-hydrogen) atoms. The van der Waals surface area contributed by atoms with Crippen LogP contribution in [0.1, 0.15) is 57.4 Å². The summed E-state index contributed by atoms with van der Waals surface area (Å²) in [5.41, 5.74) is -1.19. The molecule has 1 aromatic rings. The summed E-state index contributed by atoms with van der Waals surface area (Å²) < 4.78 is 5.95. The molecule has 0 aromatic heterocycles. The van der Waals surface area contributed by atoms with Gasteiger partial charge >= 0.3 is 5.97 Å². The SMILES string of the molecule is CN1CCC(OC(=O)[C@](C)(c2ccccc2)C2(O)CCCCC2)CC1. The second kappa shape index (κ2) is 7.46. The van der Waals surface area contributed by atoms with E-state index in [0.29, 0.717) is 12.8 Å². The van der Waals surface area contributed by atoms with E-state index in [1.807, 2.05) is 37.3 Å². The molecule has 1 heterocycles. The van der Waals surface area contributed by atoms with Crippen LogP contribution in [0.15, 0.2) is 30.3 Å². The maximum atomic E-state index is 13.3. The molecule has 1 saturated carbocycles. The van der Waals surface area contributed by atoms with Crippen LogP contribution < -0.4 is 0 Å². The molecule has 1 saturated heterocycles. The van der Waals surface area contributed by atoms with Gasteiger partial charge in [-0.3, -0.25) is 4.79 Å². The average molecular weight is 345 g/mol. The lowest BCUT2D eigenvalue weighted by atomic mass is 9.62. The second-order valence-corrected chi connectivity index (χ2v) is 7.99.